The van der Waals surface area contributed by atoms with Crippen LogP contribution < -0.4 is 0 Å². The number of thiophene rings is 1. The molecule has 2 nitrogen and oxygen atoms in total. The second-order valence-electron chi connectivity index (χ2n) is 3.69. The molecule has 0 atom stereocenters. The van der Waals surface area contributed by atoms with E-state index in [-0.39, 0.29) is 0 Å². The molecule has 0 saturated carbocycles. The van der Waals surface area contributed by atoms with Crippen LogP contribution in [0.5, 0.6) is 0 Å². The number of hydrogen-bond donors (Lipinski definition) is 1. The minimum Gasteiger partial charge on any atom is -0.396 e. The van der Waals surface area contributed by atoms with Crippen LogP contribution in [0.25, 0.3) is 0 Å². The van der Waals surface area contributed by atoms with Crippen LogP contribution >= 0.6 is 11.3 Å². The first-order chi connectivity index (χ1) is 6.38. The first-order valence-corrected chi connectivity index (χ1v) is 5.67. The summed E-state index contributed by atoms with van der Waals surface area (Å²) in [6, 6.07) is 2.19. The summed E-state index contributed by atoms with van der Waals surface area (Å²) < 4.78 is 0. The zero-order valence-corrected chi connectivity index (χ0v) is 8.46. The summed E-state index contributed by atoms with van der Waals surface area (Å²) >= 11 is 1.76. The lowest BCUT2D eigenvalue weighted by Gasteiger charge is -2.38. The Morgan fingerprint density at radius 3 is 3.00 bits per heavy atom. The first kappa shape index (κ1) is 9.19. The van der Waals surface area contributed by atoms with Gasteiger partial charge in [0.25, 0.3) is 0 Å². The molecule has 1 N–H and O–H groups in total. The van der Waals surface area contributed by atoms with Crippen LogP contribution in [-0.2, 0) is 6.42 Å². The SMILES string of the molecule is OCC1CN(CCc2ccsc2)C1. The van der Waals surface area contributed by atoms with Gasteiger partial charge in [-0.15, -0.1) is 0 Å². The van der Waals surface area contributed by atoms with E-state index in [1.165, 1.54) is 5.56 Å². The van der Waals surface area contributed by atoms with Crippen LogP contribution in [0.2, 0.25) is 0 Å². The van der Waals surface area contributed by atoms with Crippen molar-refractivity contribution in [3.05, 3.63) is 22.4 Å². The number of hydrogen-bond acceptors (Lipinski definition) is 3. The van der Waals surface area contributed by atoms with E-state index >= 15 is 0 Å². The lowest BCUT2D eigenvalue weighted by molar-refractivity contribution is 0.0551. The molecular formula is C10H15NOS. The van der Waals surface area contributed by atoms with Gasteiger partial charge in [0.15, 0.2) is 0 Å². The molecule has 13 heavy (non-hydrogen) atoms. The third-order valence-electron chi connectivity index (χ3n) is 2.59. The first-order valence-electron chi connectivity index (χ1n) is 4.73. The lowest BCUT2D eigenvalue weighted by atomic mass is 10.0. The Bertz CT molecular complexity index is 241. The fraction of sp³-hybridized carbons (Fsp3) is 0.600. The van der Waals surface area contributed by atoms with E-state index in [4.69, 9.17) is 5.11 Å². The number of aliphatic hydroxyl groups excluding tert-OH is 1. The number of aliphatic hydroxyl groups is 1. The summed E-state index contributed by atoms with van der Waals surface area (Å²) in [4.78, 5) is 2.40. The van der Waals surface area contributed by atoms with Gasteiger partial charge in [-0.25, -0.2) is 0 Å². The summed E-state index contributed by atoms with van der Waals surface area (Å²) in [6.07, 6.45) is 1.15. The zero-order chi connectivity index (χ0) is 9.10. The van der Waals surface area contributed by atoms with Gasteiger partial charge in [0.05, 0.1) is 0 Å². The van der Waals surface area contributed by atoms with E-state index in [1.807, 2.05) is 0 Å². The lowest BCUT2D eigenvalue weighted by Crippen LogP contribution is -2.48. The highest BCUT2D eigenvalue weighted by atomic mass is 32.1. The van der Waals surface area contributed by atoms with E-state index in [9.17, 15) is 0 Å². The summed E-state index contributed by atoms with van der Waals surface area (Å²) in [7, 11) is 0. The molecule has 72 valence electrons. The highest BCUT2D eigenvalue weighted by Gasteiger charge is 2.24. The van der Waals surface area contributed by atoms with E-state index in [0.29, 0.717) is 12.5 Å². The van der Waals surface area contributed by atoms with Gasteiger partial charge >= 0.3 is 0 Å². The average Bonchev–Trinajstić information content (AvgIpc) is 2.54. The van der Waals surface area contributed by atoms with Crippen molar-refractivity contribution in [3.8, 4) is 0 Å². The van der Waals surface area contributed by atoms with Crippen molar-refractivity contribution in [1.29, 1.82) is 0 Å². The third kappa shape index (κ3) is 2.30. The van der Waals surface area contributed by atoms with Gasteiger partial charge < -0.3 is 10.0 Å². The Labute approximate surface area is 82.8 Å². The monoisotopic (exact) mass is 197 g/mol. The van der Waals surface area contributed by atoms with E-state index in [0.717, 1.165) is 26.1 Å². The van der Waals surface area contributed by atoms with Crippen molar-refractivity contribution in [2.75, 3.05) is 26.2 Å². The number of nitrogens with zero attached hydrogens (tertiary/aromatic N) is 1. The van der Waals surface area contributed by atoms with Crippen molar-refractivity contribution < 1.29 is 5.11 Å². The Morgan fingerprint density at radius 2 is 2.38 bits per heavy atom. The molecule has 0 amide bonds. The zero-order valence-electron chi connectivity index (χ0n) is 7.65. The molecule has 0 radical (unpaired) electrons. The normalized spacial score (nSPS) is 18.8. The van der Waals surface area contributed by atoms with Crippen LogP contribution in [0.1, 0.15) is 5.56 Å². The van der Waals surface area contributed by atoms with Gasteiger partial charge in [0, 0.05) is 32.2 Å². The van der Waals surface area contributed by atoms with Gasteiger partial charge in [0.2, 0.25) is 0 Å². The summed E-state index contributed by atoms with van der Waals surface area (Å²) in [5.74, 6) is 0.544. The average molecular weight is 197 g/mol. The molecule has 1 fully saturated rings. The van der Waals surface area contributed by atoms with E-state index < -0.39 is 0 Å². The van der Waals surface area contributed by atoms with Gasteiger partial charge in [0.1, 0.15) is 0 Å². The maximum Gasteiger partial charge on any atom is 0.0483 e. The van der Waals surface area contributed by atoms with Crippen molar-refractivity contribution in [2.24, 2.45) is 5.92 Å². The van der Waals surface area contributed by atoms with Gasteiger partial charge in [-0.1, -0.05) is 0 Å². The Hall–Kier alpha value is -0.380. The molecule has 1 aromatic heterocycles. The van der Waals surface area contributed by atoms with Crippen LogP contribution in [-0.4, -0.2) is 36.2 Å². The topological polar surface area (TPSA) is 23.5 Å². The predicted octanol–water partition coefficient (Wildman–Crippen LogP) is 1.21. The largest absolute Gasteiger partial charge is 0.396 e. The number of likely N-dealkylation sites (tertiary alicyclic amines) is 1. The van der Waals surface area contributed by atoms with Gasteiger partial charge in [-0.3, -0.25) is 0 Å². The minimum atomic E-state index is 0.356. The highest BCUT2D eigenvalue weighted by molar-refractivity contribution is 7.07. The molecule has 2 heterocycles. The standard InChI is InChI=1S/C10H15NOS/c12-7-10-5-11(6-10)3-1-9-2-4-13-8-9/h2,4,8,10,12H,1,3,5-7H2. The van der Waals surface area contributed by atoms with E-state index in [1.54, 1.807) is 11.3 Å². The maximum atomic E-state index is 8.83. The van der Waals surface area contributed by atoms with Crippen molar-refractivity contribution >= 4 is 11.3 Å². The maximum absolute atomic E-state index is 8.83. The second kappa shape index (κ2) is 4.22. The molecule has 0 aromatic carbocycles. The van der Waals surface area contributed by atoms with Crippen LogP contribution in [0.15, 0.2) is 16.8 Å². The Balaban J connectivity index is 1.65. The molecule has 0 bridgehead atoms. The molecule has 0 unspecified atom stereocenters. The molecule has 3 heteroatoms. The summed E-state index contributed by atoms with van der Waals surface area (Å²) in [6.45, 7) is 3.67. The highest BCUT2D eigenvalue weighted by Crippen LogP contribution is 2.15. The fourth-order valence-corrected chi connectivity index (χ4v) is 2.40. The predicted molar refractivity (Wildman–Crippen MR) is 55.0 cm³/mol. The molecule has 0 aliphatic carbocycles. The van der Waals surface area contributed by atoms with Gasteiger partial charge in [-0.05, 0) is 28.8 Å². The fourth-order valence-electron chi connectivity index (χ4n) is 1.70. The molecule has 0 spiro atoms. The molecule has 1 aromatic rings. The van der Waals surface area contributed by atoms with Crippen LogP contribution in [0.3, 0.4) is 0 Å². The van der Waals surface area contributed by atoms with Crippen LogP contribution in [0.4, 0.5) is 0 Å². The third-order valence-corrected chi connectivity index (χ3v) is 3.32. The molecule has 1 saturated heterocycles. The molecule has 1 aliphatic heterocycles. The van der Waals surface area contributed by atoms with Crippen LogP contribution in [0, 0.1) is 5.92 Å². The van der Waals surface area contributed by atoms with Crippen molar-refractivity contribution in [3.63, 3.8) is 0 Å². The van der Waals surface area contributed by atoms with Crippen molar-refractivity contribution in [1.82, 2.24) is 4.90 Å². The smallest absolute Gasteiger partial charge is 0.0483 e. The molecule has 2 rings (SSSR count). The van der Waals surface area contributed by atoms with Crippen molar-refractivity contribution in [2.45, 2.75) is 6.42 Å². The van der Waals surface area contributed by atoms with E-state index in [2.05, 4.69) is 21.7 Å². The van der Waals surface area contributed by atoms with Gasteiger partial charge in [-0.2, -0.15) is 11.3 Å². The Kier molecular flexibility index (Phi) is 2.98. The second-order valence-corrected chi connectivity index (χ2v) is 4.47. The summed E-state index contributed by atoms with van der Waals surface area (Å²) in [5.41, 5.74) is 1.44. The Morgan fingerprint density at radius 1 is 1.54 bits per heavy atom. The number of rotatable bonds is 4. The summed E-state index contributed by atoms with van der Waals surface area (Å²) in [5, 5.41) is 13.2. The molecular weight excluding hydrogens is 182 g/mol. The minimum absolute atomic E-state index is 0.356. The quantitative estimate of drug-likeness (QED) is 0.784. The molecule has 1 aliphatic rings.